The molecule has 0 spiro atoms. The van der Waals surface area contributed by atoms with E-state index in [0.717, 1.165) is 17.5 Å². The number of piperidine rings is 1. The third-order valence-electron chi connectivity index (χ3n) is 5.42. The number of aryl methyl sites for hydroxylation is 1. The Labute approximate surface area is 177 Å². The minimum atomic E-state index is -0.733. The van der Waals surface area contributed by atoms with E-state index in [4.69, 9.17) is 16.3 Å². The van der Waals surface area contributed by atoms with Gasteiger partial charge in [0.15, 0.2) is 0 Å². The summed E-state index contributed by atoms with van der Waals surface area (Å²) in [5, 5.41) is 0.640. The van der Waals surface area contributed by atoms with Crippen LogP contribution >= 0.6 is 11.6 Å². The van der Waals surface area contributed by atoms with E-state index in [-0.39, 0.29) is 11.9 Å². The number of rotatable bonds is 7. The molecule has 2 aromatic rings. The van der Waals surface area contributed by atoms with Gasteiger partial charge < -0.3 is 9.64 Å². The third kappa shape index (κ3) is 5.57. The number of nitrogens with zero attached hydrogens (tertiary/aromatic N) is 2. The summed E-state index contributed by atoms with van der Waals surface area (Å²) in [7, 11) is 0. The predicted octanol–water partition coefficient (Wildman–Crippen LogP) is 4.08. The molecule has 29 heavy (non-hydrogen) atoms. The molecule has 0 radical (unpaired) electrons. The number of carbonyl (C=O) groups is 2. The van der Waals surface area contributed by atoms with Crippen molar-refractivity contribution in [3.8, 4) is 0 Å². The van der Waals surface area contributed by atoms with Crippen LogP contribution in [0.2, 0.25) is 5.02 Å². The zero-order chi connectivity index (χ0) is 20.7. The fourth-order valence-electron chi connectivity index (χ4n) is 4.00. The number of aromatic nitrogens is 1. The van der Waals surface area contributed by atoms with Crippen molar-refractivity contribution in [1.29, 1.82) is 0 Å². The zero-order valence-corrected chi connectivity index (χ0v) is 17.5. The van der Waals surface area contributed by atoms with Crippen LogP contribution in [0.3, 0.4) is 0 Å². The Bertz CT molecular complexity index is 843. The average Bonchev–Trinajstić information content (AvgIpc) is 2.73. The number of amides is 1. The first-order valence-corrected chi connectivity index (χ1v) is 10.5. The van der Waals surface area contributed by atoms with Crippen molar-refractivity contribution in [3.63, 3.8) is 0 Å². The third-order valence-corrected chi connectivity index (χ3v) is 5.66. The molecule has 5 nitrogen and oxygen atoms in total. The highest BCUT2D eigenvalue weighted by molar-refractivity contribution is 6.30. The molecular formula is C23H27ClN2O3. The van der Waals surface area contributed by atoms with Crippen molar-refractivity contribution in [2.45, 2.75) is 39.0 Å². The highest BCUT2D eigenvalue weighted by atomic mass is 35.5. The molecule has 1 aromatic carbocycles. The Kier molecular flexibility index (Phi) is 7.26. The summed E-state index contributed by atoms with van der Waals surface area (Å²) in [6, 6.07) is 11.4. The minimum absolute atomic E-state index is 0.0633. The van der Waals surface area contributed by atoms with E-state index in [0.29, 0.717) is 50.4 Å². The van der Waals surface area contributed by atoms with Crippen LogP contribution < -0.4 is 0 Å². The highest BCUT2D eigenvalue weighted by Gasteiger charge is 2.44. The summed E-state index contributed by atoms with van der Waals surface area (Å²) in [4.78, 5) is 31.8. The van der Waals surface area contributed by atoms with Crippen molar-refractivity contribution in [2.75, 3.05) is 19.7 Å². The fourth-order valence-corrected chi connectivity index (χ4v) is 4.22. The van der Waals surface area contributed by atoms with Gasteiger partial charge in [-0.3, -0.25) is 14.6 Å². The number of halogens is 1. The Morgan fingerprint density at radius 3 is 2.79 bits per heavy atom. The lowest BCUT2D eigenvalue weighted by atomic mass is 9.75. The van der Waals surface area contributed by atoms with Crippen LogP contribution in [0.25, 0.3) is 0 Å². The summed E-state index contributed by atoms with van der Waals surface area (Å²) < 4.78 is 5.43. The fraction of sp³-hybridized carbons (Fsp3) is 0.435. The molecule has 2 heterocycles. The molecule has 0 unspecified atom stereocenters. The minimum Gasteiger partial charge on any atom is -0.466 e. The normalized spacial score (nSPS) is 19.0. The van der Waals surface area contributed by atoms with Crippen molar-refractivity contribution in [1.82, 2.24) is 9.88 Å². The molecule has 1 fully saturated rings. The van der Waals surface area contributed by atoms with Crippen molar-refractivity contribution >= 4 is 23.5 Å². The Morgan fingerprint density at radius 2 is 2.07 bits per heavy atom. The van der Waals surface area contributed by atoms with Gasteiger partial charge in [0.05, 0.1) is 12.0 Å². The molecule has 0 bridgehead atoms. The van der Waals surface area contributed by atoms with Gasteiger partial charge in [-0.2, -0.15) is 0 Å². The van der Waals surface area contributed by atoms with Gasteiger partial charge in [-0.1, -0.05) is 29.8 Å². The SMILES string of the molecule is CCOC(=O)[C@]1(Cc2cccc(Cl)c2)CCCN(C(=O)CCc2cccnc2)C1. The van der Waals surface area contributed by atoms with Crippen LogP contribution in [0.1, 0.15) is 37.3 Å². The van der Waals surface area contributed by atoms with Crippen LogP contribution in [0.4, 0.5) is 0 Å². The molecular weight excluding hydrogens is 388 g/mol. The second kappa shape index (κ2) is 9.88. The summed E-state index contributed by atoms with van der Waals surface area (Å²) >= 11 is 6.14. The van der Waals surface area contributed by atoms with Crippen LogP contribution in [-0.4, -0.2) is 41.5 Å². The molecule has 1 aromatic heterocycles. The van der Waals surface area contributed by atoms with Crippen LogP contribution in [0.15, 0.2) is 48.8 Å². The topological polar surface area (TPSA) is 59.5 Å². The molecule has 0 N–H and O–H groups in total. The molecule has 1 aliphatic heterocycles. The van der Waals surface area contributed by atoms with Gasteiger partial charge in [0.1, 0.15) is 0 Å². The molecule has 1 aliphatic rings. The molecule has 1 atom stereocenters. The number of pyridine rings is 1. The molecule has 0 aliphatic carbocycles. The number of ether oxygens (including phenoxy) is 1. The number of likely N-dealkylation sites (tertiary alicyclic amines) is 1. The van der Waals surface area contributed by atoms with Gasteiger partial charge in [0, 0.05) is 36.9 Å². The summed E-state index contributed by atoms with van der Waals surface area (Å²) in [6.07, 6.45) is 6.54. The number of hydrogen-bond acceptors (Lipinski definition) is 4. The van der Waals surface area contributed by atoms with Gasteiger partial charge in [-0.25, -0.2) is 0 Å². The number of carbonyl (C=O) groups excluding carboxylic acids is 2. The highest BCUT2D eigenvalue weighted by Crippen LogP contribution is 2.36. The molecule has 1 saturated heterocycles. The number of esters is 1. The maximum absolute atomic E-state index is 13.0. The molecule has 3 rings (SSSR count). The van der Waals surface area contributed by atoms with Crippen molar-refractivity contribution in [2.24, 2.45) is 5.41 Å². The molecule has 6 heteroatoms. The first-order chi connectivity index (χ1) is 14.0. The first-order valence-electron chi connectivity index (χ1n) is 10.1. The van der Waals surface area contributed by atoms with E-state index < -0.39 is 5.41 Å². The van der Waals surface area contributed by atoms with Gasteiger partial charge in [0.2, 0.25) is 5.91 Å². The number of benzene rings is 1. The second-order valence-electron chi connectivity index (χ2n) is 7.59. The van der Waals surface area contributed by atoms with Crippen molar-refractivity contribution in [3.05, 3.63) is 64.9 Å². The van der Waals surface area contributed by atoms with E-state index in [2.05, 4.69) is 4.98 Å². The summed E-state index contributed by atoms with van der Waals surface area (Å²) in [5.41, 5.74) is 1.28. The van der Waals surface area contributed by atoms with Gasteiger partial charge in [0.25, 0.3) is 0 Å². The maximum Gasteiger partial charge on any atom is 0.314 e. The monoisotopic (exact) mass is 414 g/mol. The van der Waals surface area contributed by atoms with E-state index in [1.807, 2.05) is 48.2 Å². The standard InChI is InChI=1S/C23H27ClN2O3/c1-2-29-22(28)23(15-19-6-3-8-20(24)14-19)11-5-13-26(17-23)21(27)10-9-18-7-4-12-25-16-18/h3-4,6-8,12,14,16H,2,5,9-11,13,15,17H2,1H3/t23-/m0/s1. The zero-order valence-electron chi connectivity index (χ0n) is 16.8. The Balaban J connectivity index is 1.74. The lowest BCUT2D eigenvalue weighted by Gasteiger charge is -2.41. The molecule has 154 valence electrons. The van der Waals surface area contributed by atoms with E-state index in [9.17, 15) is 9.59 Å². The number of hydrogen-bond donors (Lipinski definition) is 0. The van der Waals surface area contributed by atoms with Gasteiger partial charge >= 0.3 is 5.97 Å². The Hall–Kier alpha value is -2.40. The van der Waals surface area contributed by atoms with Crippen LogP contribution in [0, 0.1) is 5.41 Å². The average molecular weight is 415 g/mol. The van der Waals surface area contributed by atoms with E-state index in [1.165, 1.54) is 0 Å². The predicted molar refractivity (Wildman–Crippen MR) is 113 cm³/mol. The quantitative estimate of drug-likeness (QED) is 0.640. The first kappa shape index (κ1) is 21.3. The Morgan fingerprint density at radius 1 is 1.24 bits per heavy atom. The lowest BCUT2D eigenvalue weighted by Crippen LogP contribution is -2.51. The van der Waals surface area contributed by atoms with Crippen LogP contribution in [0.5, 0.6) is 0 Å². The van der Waals surface area contributed by atoms with Gasteiger partial charge in [-0.05, 0) is 61.9 Å². The van der Waals surface area contributed by atoms with Crippen LogP contribution in [-0.2, 0) is 27.2 Å². The largest absolute Gasteiger partial charge is 0.466 e. The van der Waals surface area contributed by atoms with E-state index in [1.54, 1.807) is 12.4 Å². The maximum atomic E-state index is 13.0. The van der Waals surface area contributed by atoms with Crippen molar-refractivity contribution < 1.29 is 14.3 Å². The molecule has 0 saturated carbocycles. The summed E-state index contributed by atoms with van der Waals surface area (Å²) in [6.45, 7) is 3.18. The smallest absolute Gasteiger partial charge is 0.314 e. The molecule has 1 amide bonds. The summed E-state index contributed by atoms with van der Waals surface area (Å²) in [5.74, 6) is -0.168. The second-order valence-corrected chi connectivity index (χ2v) is 8.02. The van der Waals surface area contributed by atoms with Gasteiger partial charge in [-0.15, -0.1) is 0 Å². The van der Waals surface area contributed by atoms with E-state index >= 15 is 0 Å². The lowest BCUT2D eigenvalue weighted by molar-refractivity contribution is -0.160.